The van der Waals surface area contributed by atoms with E-state index in [0.29, 0.717) is 0 Å². The third kappa shape index (κ3) is 2.79. The largest absolute Gasteiger partial charge is 0.388 e. The Morgan fingerprint density at radius 1 is 1.10 bits per heavy atom. The van der Waals surface area contributed by atoms with Crippen LogP contribution in [0.2, 0.25) is 0 Å². The molecule has 0 saturated heterocycles. The molecule has 2 fully saturated rings. The van der Waals surface area contributed by atoms with E-state index in [-0.39, 0.29) is 11.5 Å². The normalized spacial score (nSPS) is 30.7. The van der Waals surface area contributed by atoms with Crippen molar-refractivity contribution >= 4 is 0 Å². The van der Waals surface area contributed by atoms with Crippen LogP contribution in [0.1, 0.15) is 70.1 Å². The first-order chi connectivity index (χ1) is 9.43. The number of fused-ring (bicyclic) bond motifs is 2. The summed E-state index contributed by atoms with van der Waals surface area (Å²) in [6.45, 7) is 6.69. The van der Waals surface area contributed by atoms with E-state index in [0.717, 1.165) is 29.7 Å². The van der Waals surface area contributed by atoms with Crippen molar-refractivity contribution in [2.24, 2.45) is 17.8 Å². The topological polar surface area (TPSA) is 20.2 Å². The molecule has 1 aromatic carbocycles. The summed E-state index contributed by atoms with van der Waals surface area (Å²) in [6.07, 6.45) is 6.34. The van der Waals surface area contributed by atoms with Crippen LogP contribution >= 0.6 is 0 Å². The molecule has 0 amide bonds. The summed E-state index contributed by atoms with van der Waals surface area (Å²) < 4.78 is 0. The lowest BCUT2D eigenvalue weighted by Gasteiger charge is -2.25. The fourth-order valence-corrected chi connectivity index (χ4v) is 4.29. The zero-order chi connectivity index (χ0) is 14.3. The summed E-state index contributed by atoms with van der Waals surface area (Å²) in [7, 11) is 0. The molecule has 1 nitrogen and oxygen atoms in total. The number of benzene rings is 1. The van der Waals surface area contributed by atoms with Gasteiger partial charge in [0.15, 0.2) is 0 Å². The van der Waals surface area contributed by atoms with Crippen molar-refractivity contribution in [2.45, 2.75) is 64.4 Å². The molecule has 2 saturated carbocycles. The predicted molar refractivity (Wildman–Crippen MR) is 83.7 cm³/mol. The minimum Gasteiger partial charge on any atom is -0.388 e. The minimum absolute atomic E-state index is 0.189. The Morgan fingerprint density at radius 2 is 1.80 bits per heavy atom. The second-order valence-electron chi connectivity index (χ2n) is 8.06. The molecule has 2 aliphatic rings. The Kier molecular flexibility index (Phi) is 3.66. The van der Waals surface area contributed by atoms with E-state index >= 15 is 0 Å². The van der Waals surface area contributed by atoms with Crippen molar-refractivity contribution in [1.82, 2.24) is 0 Å². The molecular formula is C19H28O. The highest BCUT2D eigenvalue weighted by Crippen LogP contribution is 2.50. The van der Waals surface area contributed by atoms with E-state index < -0.39 is 0 Å². The van der Waals surface area contributed by atoms with Gasteiger partial charge in [0, 0.05) is 0 Å². The van der Waals surface area contributed by atoms with Crippen molar-refractivity contribution in [3.63, 3.8) is 0 Å². The van der Waals surface area contributed by atoms with Crippen LogP contribution < -0.4 is 0 Å². The highest BCUT2D eigenvalue weighted by atomic mass is 16.3. The molecule has 0 radical (unpaired) electrons. The van der Waals surface area contributed by atoms with Crippen LogP contribution in [0.5, 0.6) is 0 Å². The van der Waals surface area contributed by atoms with Gasteiger partial charge in [0.1, 0.15) is 0 Å². The van der Waals surface area contributed by atoms with Gasteiger partial charge in [-0.2, -0.15) is 0 Å². The molecule has 1 heteroatoms. The maximum Gasteiger partial charge on any atom is 0.0792 e. The van der Waals surface area contributed by atoms with E-state index in [1.165, 1.54) is 31.2 Å². The molecule has 1 N–H and O–H groups in total. The van der Waals surface area contributed by atoms with Crippen LogP contribution in [0.3, 0.4) is 0 Å². The third-order valence-electron chi connectivity index (χ3n) is 5.57. The maximum absolute atomic E-state index is 10.5. The summed E-state index contributed by atoms with van der Waals surface area (Å²) in [5.41, 5.74) is 2.63. The number of hydrogen-bond acceptors (Lipinski definition) is 1. The lowest BCUT2D eigenvalue weighted by molar-refractivity contribution is 0.125. The second kappa shape index (κ2) is 5.18. The van der Waals surface area contributed by atoms with Gasteiger partial charge >= 0.3 is 0 Å². The zero-order valence-electron chi connectivity index (χ0n) is 13.1. The first-order valence-corrected chi connectivity index (χ1v) is 8.22. The smallest absolute Gasteiger partial charge is 0.0792 e. The number of aliphatic hydroxyl groups is 1. The molecular weight excluding hydrogens is 244 g/mol. The number of rotatable bonds is 3. The zero-order valence-corrected chi connectivity index (χ0v) is 13.1. The number of hydrogen-bond donors (Lipinski definition) is 1. The Morgan fingerprint density at radius 3 is 2.30 bits per heavy atom. The molecule has 0 spiro atoms. The Bertz CT molecular complexity index is 454. The molecule has 4 atom stereocenters. The Labute approximate surface area is 123 Å². The van der Waals surface area contributed by atoms with Crippen molar-refractivity contribution in [1.29, 1.82) is 0 Å². The average Bonchev–Trinajstić information content (AvgIpc) is 3.00. The summed E-state index contributed by atoms with van der Waals surface area (Å²) in [6, 6.07) is 8.61. The highest BCUT2D eigenvalue weighted by molar-refractivity contribution is 5.28. The van der Waals surface area contributed by atoms with E-state index in [4.69, 9.17) is 0 Å². The van der Waals surface area contributed by atoms with Crippen LogP contribution in [0.4, 0.5) is 0 Å². The molecule has 20 heavy (non-hydrogen) atoms. The summed E-state index contributed by atoms with van der Waals surface area (Å²) in [5.74, 6) is 2.65. The molecule has 3 rings (SSSR count). The Balaban J connectivity index is 1.64. The minimum atomic E-state index is -0.270. The maximum atomic E-state index is 10.5. The molecule has 2 aliphatic carbocycles. The first kappa shape index (κ1) is 14.1. The van der Waals surface area contributed by atoms with Crippen LogP contribution in [0, 0.1) is 17.8 Å². The quantitative estimate of drug-likeness (QED) is 0.834. The van der Waals surface area contributed by atoms with Crippen molar-refractivity contribution in [3.05, 3.63) is 35.4 Å². The first-order valence-electron chi connectivity index (χ1n) is 8.22. The van der Waals surface area contributed by atoms with E-state index in [1.807, 2.05) is 0 Å². The van der Waals surface area contributed by atoms with Gasteiger partial charge < -0.3 is 5.11 Å². The van der Waals surface area contributed by atoms with Gasteiger partial charge in [-0.1, -0.05) is 51.5 Å². The van der Waals surface area contributed by atoms with Gasteiger partial charge in [-0.25, -0.2) is 0 Å². The molecule has 4 unspecified atom stereocenters. The summed E-state index contributed by atoms with van der Waals surface area (Å²) in [5, 5.41) is 10.5. The fraction of sp³-hybridized carbons (Fsp3) is 0.684. The molecule has 1 aromatic rings. The van der Waals surface area contributed by atoms with Gasteiger partial charge in [0.2, 0.25) is 0 Å². The molecule has 0 aromatic heterocycles. The van der Waals surface area contributed by atoms with Crippen LogP contribution in [-0.2, 0) is 5.41 Å². The highest BCUT2D eigenvalue weighted by Gasteiger charge is 2.40. The lowest BCUT2D eigenvalue weighted by Crippen LogP contribution is -2.15. The summed E-state index contributed by atoms with van der Waals surface area (Å²) >= 11 is 0. The van der Waals surface area contributed by atoms with Crippen molar-refractivity contribution in [3.8, 4) is 0 Å². The van der Waals surface area contributed by atoms with E-state index in [9.17, 15) is 5.11 Å². The van der Waals surface area contributed by atoms with Gasteiger partial charge in [0.25, 0.3) is 0 Å². The Hall–Kier alpha value is -0.820. The fourth-order valence-electron chi connectivity index (χ4n) is 4.29. The monoisotopic (exact) mass is 272 g/mol. The average molecular weight is 272 g/mol. The molecule has 0 aliphatic heterocycles. The SMILES string of the molecule is CC(C)(C)c1ccc(C(O)CC2CC3CCC2C3)cc1. The third-order valence-corrected chi connectivity index (χ3v) is 5.57. The van der Waals surface area contributed by atoms with Crippen molar-refractivity contribution in [2.75, 3.05) is 0 Å². The van der Waals surface area contributed by atoms with Crippen LogP contribution in [0.25, 0.3) is 0 Å². The lowest BCUT2D eigenvalue weighted by atomic mass is 9.82. The summed E-state index contributed by atoms with van der Waals surface area (Å²) in [4.78, 5) is 0. The van der Waals surface area contributed by atoms with E-state index in [2.05, 4.69) is 45.0 Å². The number of aliphatic hydroxyl groups excluding tert-OH is 1. The molecule has 2 bridgehead atoms. The molecule has 110 valence electrons. The predicted octanol–water partition coefficient (Wildman–Crippen LogP) is 4.84. The van der Waals surface area contributed by atoms with Gasteiger partial charge in [0.05, 0.1) is 6.10 Å². The van der Waals surface area contributed by atoms with Crippen molar-refractivity contribution < 1.29 is 5.11 Å². The molecule has 0 heterocycles. The van der Waals surface area contributed by atoms with Gasteiger partial charge in [-0.05, 0) is 60.0 Å². The van der Waals surface area contributed by atoms with E-state index in [1.54, 1.807) is 0 Å². The second-order valence-corrected chi connectivity index (χ2v) is 8.06. The van der Waals surface area contributed by atoms with Gasteiger partial charge in [-0.15, -0.1) is 0 Å². The van der Waals surface area contributed by atoms with Crippen LogP contribution in [-0.4, -0.2) is 5.11 Å². The van der Waals surface area contributed by atoms with Crippen LogP contribution in [0.15, 0.2) is 24.3 Å². The standard InChI is InChI=1S/C19H28O/c1-19(2,3)17-8-6-14(7-9-17)18(20)12-16-11-13-4-5-15(16)10-13/h6-9,13,15-16,18,20H,4-5,10-12H2,1-3H3. The van der Waals surface area contributed by atoms with Gasteiger partial charge in [-0.3, -0.25) is 0 Å².